The van der Waals surface area contributed by atoms with E-state index in [1.165, 1.54) is 18.2 Å². The molecule has 0 aliphatic carbocycles. The van der Waals surface area contributed by atoms with Crippen LogP contribution >= 0.6 is 23.2 Å². The number of rotatable bonds is 3. The van der Waals surface area contributed by atoms with Crippen molar-refractivity contribution in [3.63, 3.8) is 0 Å². The molecule has 3 aromatic rings. The average molecular weight is 367 g/mol. The molecular formula is C16H12Cl2N2O2S. The second kappa shape index (κ2) is 6.00. The quantitative estimate of drug-likeness (QED) is 0.733. The van der Waals surface area contributed by atoms with Crippen LogP contribution in [0.25, 0.3) is 10.9 Å². The normalized spacial score (nSPS) is 11.6. The molecule has 0 fully saturated rings. The SMILES string of the molecule is Cc1ccc2cccnc2c1NS(=O)(=O)c1cc(Cl)cc(Cl)c1. The van der Waals surface area contributed by atoms with Gasteiger partial charge < -0.3 is 0 Å². The molecule has 0 unspecified atom stereocenters. The number of nitrogens with zero attached hydrogens (tertiary/aromatic N) is 1. The van der Waals surface area contributed by atoms with Crippen LogP contribution < -0.4 is 4.72 Å². The van der Waals surface area contributed by atoms with Crippen LogP contribution in [0.3, 0.4) is 0 Å². The Hall–Kier alpha value is -1.82. The van der Waals surface area contributed by atoms with E-state index in [4.69, 9.17) is 23.2 Å². The van der Waals surface area contributed by atoms with Crippen LogP contribution in [0.5, 0.6) is 0 Å². The molecule has 0 spiro atoms. The van der Waals surface area contributed by atoms with Gasteiger partial charge in [-0.05, 0) is 36.8 Å². The van der Waals surface area contributed by atoms with E-state index in [0.717, 1.165) is 10.9 Å². The molecule has 0 saturated heterocycles. The van der Waals surface area contributed by atoms with Crippen molar-refractivity contribution in [1.29, 1.82) is 0 Å². The van der Waals surface area contributed by atoms with Gasteiger partial charge in [-0.1, -0.05) is 41.4 Å². The van der Waals surface area contributed by atoms with Crippen LogP contribution in [0, 0.1) is 6.92 Å². The van der Waals surface area contributed by atoms with Gasteiger partial charge in [0.05, 0.1) is 16.1 Å². The summed E-state index contributed by atoms with van der Waals surface area (Å²) in [5, 5.41) is 1.36. The van der Waals surface area contributed by atoms with Gasteiger partial charge in [-0.25, -0.2) is 8.42 Å². The third-order valence-electron chi connectivity index (χ3n) is 3.37. The van der Waals surface area contributed by atoms with Gasteiger partial charge in [0.25, 0.3) is 10.0 Å². The molecule has 1 N–H and O–H groups in total. The number of nitrogens with one attached hydrogen (secondary N) is 1. The number of fused-ring (bicyclic) bond motifs is 1. The topological polar surface area (TPSA) is 59.1 Å². The van der Waals surface area contributed by atoms with E-state index < -0.39 is 10.0 Å². The number of aryl methyl sites for hydroxylation is 1. The first-order valence-corrected chi connectivity index (χ1v) is 8.94. The second-order valence-electron chi connectivity index (χ2n) is 5.04. The fraction of sp³-hybridized carbons (Fsp3) is 0.0625. The zero-order valence-electron chi connectivity index (χ0n) is 12.0. The maximum atomic E-state index is 12.6. The highest BCUT2D eigenvalue weighted by atomic mass is 35.5. The van der Waals surface area contributed by atoms with Crippen LogP contribution in [0.15, 0.2) is 53.6 Å². The zero-order chi connectivity index (χ0) is 16.6. The Kier molecular flexibility index (Phi) is 4.19. The van der Waals surface area contributed by atoms with Gasteiger partial charge in [-0.3, -0.25) is 9.71 Å². The van der Waals surface area contributed by atoms with E-state index in [-0.39, 0.29) is 14.9 Å². The summed E-state index contributed by atoms with van der Waals surface area (Å²) in [6.45, 7) is 1.82. The first kappa shape index (κ1) is 16.1. The number of benzene rings is 2. The molecule has 7 heteroatoms. The number of hydrogen-bond donors (Lipinski definition) is 1. The lowest BCUT2D eigenvalue weighted by Gasteiger charge is -2.13. The minimum absolute atomic E-state index is 0.00216. The van der Waals surface area contributed by atoms with Crippen LogP contribution in [-0.4, -0.2) is 13.4 Å². The average Bonchev–Trinajstić information content (AvgIpc) is 2.49. The molecule has 0 atom stereocenters. The molecule has 2 aromatic carbocycles. The van der Waals surface area contributed by atoms with E-state index in [1.807, 2.05) is 25.1 Å². The minimum atomic E-state index is -3.83. The molecule has 0 aliphatic rings. The van der Waals surface area contributed by atoms with Gasteiger partial charge in [-0.2, -0.15) is 0 Å². The van der Waals surface area contributed by atoms with Crippen molar-refractivity contribution < 1.29 is 8.42 Å². The lowest BCUT2D eigenvalue weighted by Crippen LogP contribution is -2.14. The molecule has 4 nitrogen and oxygen atoms in total. The largest absolute Gasteiger partial charge is 0.277 e. The van der Waals surface area contributed by atoms with Crippen molar-refractivity contribution in [3.05, 3.63) is 64.3 Å². The van der Waals surface area contributed by atoms with Gasteiger partial charge in [0, 0.05) is 21.6 Å². The molecule has 23 heavy (non-hydrogen) atoms. The van der Waals surface area contributed by atoms with Crippen molar-refractivity contribution in [1.82, 2.24) is 4.98 Å². The third-order valence-corrected chi connectivity index (χ3v) is 5.13. The highest BCUT2D eigenvalue weighted by Gasteiger charge is 2.18. The van der Waals surface area contributed by atoms with Crippen molar-refractivity contribution in [3.8, 4) is 0 Å². The fourth-order valence-corrected chi connectivity index (χ4v) is 4.12. The molecule has 0 aliphatic heterocycles. The molecule has 0 bridgehead atoms. The molecule has 1 heterocycles. The van der Waals surface area contributed by atoms with Crippen LogP contribution in [-0.2, 0) is 10.0 Å². The van der Waals surface area contributed by atoms with Gasteiger partial charge in [-0.15, -0.1) is 0 Å². The van der Waals surface area contributed by atoms with Gasteiger partial charge >= 0.3 is 0 Å². The number of sulfonamides is 1. The van der Waals surface area contributed by atoms with Crippen LogP contribution in [0.4, 0.5) is 5.69 Å². The summed E-state index contributed by atoms with van der Waals surface area (Å²) in [6, 6.07) is 11.6. The Morgan fingerprint density at radius 2 is 1.74 bits per heavy atom. The summed E-state index contributed by atoms with van der Waals surface area (Å²) in [7, 11) is -3.83. The Bertz CT molecular complexity index is 984. The molecule has 0 saturated carbocycles. The Balaban J connectivity index is 2.12. The number of halogens is 2. The highest BCUT2D eigenvalue weighted by Crippen LogP contribution is 2.29. The van der Waals surface area contributed by atoms with Gasteiger partial charge in [0.15, 0.2) is 0 Å². The lowest BCUT2D eigenvalue weighted by atomic mass is 10.1. The first-order chi connectivity index (χ1) is 10.9. The maximum Gasteiger partial charge on any atom is 0.262 e. The summed E-state index contributed by atoms with van der Waals surface area (Å²) in [6.07, 6.45) is 1.62. The maximum absolute atomic E-state index is 12.6. The number of pyridine rings is 1. The van der Waals surface area contributed by atoms with Crippen molar-refractivity contribution >= 4 is 49.8 Å². The van der Waals surface area contributed by atoms with E-state index in [2.05, 4.69) is 9.71 Å². The number of aromatic nitrogens is 1. The standard InChI is InChI=1S/C16H12Cl2N2O2S/c1-10-4-5-11-3-2-6-19-16(11)15(10)20-23(21,22)14-8-12(17)7-13(18)9-14/h2-9,20H,1H3. The molecule has 3 rings (SSSR count). The van der Waals surface area contributed by atoms with Crippen LogP contribution in [0.2, 0.25) is 10.0 Å². The van der Waals surface area contributed by atoms with E-state index in [9.17, 15) is 8.42 Å². The Labute approximate surface area is 144 Å². The van der Waals surface area contributed by atoms with Crippen molar-refractivity contribution in [2.45, 2.75) is 11.8 Å². The highest BCUT2D eigenvalue weighted by molar-refractivity contribution is 7.92. The van der Waals surface area contributed by atoms with Gasteiger partial charge in [0.2, 0.25) is 0 Å². The summed E-state index contributed by atoms with van der Waals surface area (Å²) < 4.78 is 27.9. The summed E-state index contributed by atoms with van der Waals surface area (Å²) in [4.78, 5) is 4.28. The molecule has 1 aromatic heterocycles. The summed E-state index contributed by atoms with van der Waals surface area (Å²) in [5.74, 6) is 0. The Morgan fingerprint density at radius 3 is 2.43 bits per heavy atom. The smallest absolute Gasteiger partial charge is 0.262 e. The predicted octanol–water partition coefficient (Wildman–Crippen LogP) is 4.65. The first-order valence-electron chi connectivity index (χ1n) is 6.70. The van der Waals surface area contributed by atoms with E-state index in [0.29, 0.717) is 11.2 Å². The number of anilines is 1. The van der Waals surface area contributed by atoms with Crippen molar-refractivity contribution in [2.24, 2.45) is 0 Å². The summed E-state index contributed by atoms with van der Waals surface area (Å²) in [5.41, 5.74) is 1.80. The zero-order valence-corrected chi connectivity index (χ0v) is 14.4. The van der Waals surface area contributed by atoms with Gasteiger partial charge in [0.1, 0.15) is 0 Å². The minimum Gasteiger partial charge on any atom is -0.277 e. The third kappa shape index (κ3) is 3.27. The molecule has 118 valence electrons. The fourth-order valence-electron chi connectivity index (χ4n) is 2.25. The van der Waals surface area contributed by atoms with E-state index >= 15 is 0 Å². The lowest BCUT2D eigenvalue weighted by molar-refractivity contribution is 0.601. The predicted molar refractivity (Wildman–Crippen MR) is 93.8 cm³/mol. The molecule has 0 amide bonds. The van der Waals surface area contributed by atoms with Crippen molar-refractivity contribution in [2.75, 3.05) is 4.72 Å². The second-order valence-corrected chi connectivity index (χ2v) is 7.60. The molecular weight excluding hydrogens is 355 g/mol. The summed E-state index contributed by atoms with van der Waals surface area (Å²) >= 11 is 11.8. The number of hydrogen-bond acceptors (Lipinski definition) is 3. The molecule has 0 radical (unpaired) electrons. The van der Waals surface area contributed by atoms with Crippen LogP contribution in [0.1, 0.15) is 5.56 Å². The van der Waals surface area contributed by atoms with E-state index in [1.54, 1.807) is 12.3 Å². The monoisotopic (exact) mass is 366 g/mol. The Morgan fingerprint density at radius 1 is 1.04 bits per heavy atom.